The molecule has 27 heavy (non-hydrogen) atoms. The molecule has 1 aliphatic rings. The Morgan fingerprint density at radius 2 is 1.89 bits per heavy atom. The molecule has 3 rings (SSSR count). The highest BCUT2D eigenvalue weighted by atomic mass is 32.2. The predicted octanol–water partition coefficient (Wildman–Crippen LogP) is 2.08. The Morgan fingerprint density at radius 3 is 2.52 bits per heavy atom. The molecule has 1 aliphatic heterocycles. The van der Waals surface area contributed by atoms with E-state index in [1.54, 1.807) is 18.3 Å². The van der Waals surface area contributed by atoms with Crippen LogP contribution in [0.25, 0.3) is 0 Å². The topological polar surface area (TPSA) is 79.4 Å². The molecule has 0 radical (unpaired) electrons. The Hall–Kier alpha value is -2.39. The summed E-state index contributed by atoms with van der Waals surface area (Å²) in [5.41, 5.74) is 0.740. The van der Waals surface area contributed by atoms with Crippen LogP contribution in [0.2, 0.25) is 0 Å². The largest absolute Gasteiger partial charge is 0.350 e. The zero-order valence-electron chi connectivity index (χ0n) is 14.4. The van der Waals surface area contributed by atoms with E-state index in [-0.39, 0.29) is 29.8 Å². The molecule has 0 spiro atoms. The van der Waals surface area contributed by atoms with Crippen LogP contribution >= 0.6 is 0 Å². The number of rotatable bonds is 5. The molecule has 2 aromatic rings. The van der Waals surface area contributed by atoms with Gasteiger partial charge in [0.15, 0.2) is 11.6 Å². The molecule has 0 bridgehead atoms. The minimum absolute atomic E-state index is 0.142. The fraction of sp³-hybridized carbons (Fsp3) is 0.333. The smallest absolute Gasteiger partial charge is 0.243 e. The minimum atomic E-state index is -3.92. The Bertz CT molecular complexity index is 915. The second-order valence-electron chi connectivity index (χ2n) is 6.29. The maximum absolute atomic E-state index is 13.4. The highest BCUT2D eigenvalue weighted by Gasteiger charge is 2.32. The van der Waals surface area contributed by atoms with Gasteiger partial charge in [0.05, 0.1) is 17.1 Å². The van der Waals surface area contributed by atoms with Crippen molar-refractivity contribution in [2.24, 2.45) is 5.92 Å². The lowest BCUT2D eigenvalue weighted by Crippen LogP contribution is -2.42. The first-order valence-electron chi connectivity index (χ1n) is 8.51. The van der Waals surface area contributed by atoms with E-state index >= 15 is 0 Å². The molecule has 6 nitrogen and oxygen atoms in total. The van der Waals surface area contributed by atoms with Gasteiger partial charge in [-0.25, -0.2) is 17.2 Å². The standard InChI is InChI=1S/C18H19F2N3O3S/c19-16-5-4-15(11-17(16)20)27(25,26)23-9-6-13(7-10-23)18(24)22-12-14-3-1-2-8-21-14/h1-5,8,11,13H,6-7,9-10,12H2,(H,22,24). The number of piperidine rings is 1. The summed E-state index contributed by atoms with van der Waals surface area (Å²) in [5, 5.41) is 2.81. The van der Waals surface area contributed by atoms with Gasteiger partial charge < -0.3 is 5.32 Å². The number of sulfonamides is 1. The summed E-state index contributed by atoms with van der Waals surface area (Å²) in [6, 6.07) is 7.93. The summed E-state index contributed by atoms with van der Waals surface area (Å²) in [6.07, 6.45) is 2.36. The molecule has 0 atom stereocenters. The van der Waals surface area contributed by atoms with Gasteiger partial charge in [0.25, 0.3) is 0 Å². The van der Waals surface area contributed by atoms with Crippen LogP contribution in [0, 0.1) is 17.6 Å². The quantitative estimate of drug-likeness (QED) is 0.841. The van der Waals surface area contributed by atoms with Crippen molar-refractivity contribution in [1.29, 1.82) is 0 Å². The molecular weight excluding hydrogens is 376 g/mol. The maximum atomic E-state index is 13.4. The maximum Gasteiger partial charge on any atom is 0.243 e. The number of nitrogens with zero attached hydrogens (tertiary/aromatic N) is 2. The number of aromatic nitrogens is 1. The highest BCUT2D eigenvalue weighted by Crippen LogP contribution is 2.25. The van der Waals surface area contributed by atoms with Gasteiger partial charge in [-0.05, 0) is 43.2 Å². The van der Waals surface area contributed by atoms with Crippen molar-refractivity contribution >= 4 is 15.9 Å². The molecule has 0 unspecified atom stereocenters. The number of hydrogen-bond donors (Lipinski definition) is 1. The number of benzene rings is 1. The van der Waals surface area contributed by atoms with E-state index < -0.39 is 21.7 Å². The first-order chi connectivity index (χ1) is 12.9. The molecule has 1 fully saturated rings. The lowest BCUT2D eigenvalue weighted by atomic mass is 9.97. The van der Waals surface area contributed by atoms with Crippen LogP contribution < -0.4 is 5.32 Å². The Labute approximate surface area is 156 Å². The van der Waals surface area contributed by atoms with Crippen LogP contribution in [0.4, 0.5) is 8.78 Å². The van der Waals surface area contributed by atoms with Crippen molar-refractivity contribution < 1.29 is 22.0 Å². The molecular formula is C18H19F2N3O3S. The first kappa shape index (κ1) is 19.4. The van der Waals surface area contributed by atoms with Crippen LogP contribution in [0.1, 0.15) is 18.5 Å². The molecule has 0 saturated carbocycles. The zero-order chi connectivity index (χ0) is 19.4. The summed E-state index contributed by atoms with van der Waals surface area (Å²) in [6.45, 7) is 0.596. The van der Waals surface area contributed by atoms with Crippen molar-refractivity contribution in [2.75, 3.05) is 13.1 Å². The molecule has 1 amide bonds. The zero-order valence-corrected chi connectivity index (χ0v) is 15.3. The molecule has 9 heteroatoms. The monoisotopic (exact) mass is 395 g/mol. The van der Waals surface area contributed by atoms with E-state index in [0.29, 0.717) is 25.5 Å². The summed E-state index contributed by atoms with van der Waals surface area (Å²) in [7, 11) is -3.92. The third-order valence-corrected chi connectivity index (χ3v) is 6.42. The normalized spacial score (nSPS) is 16.2. The number of pyridine rings is 1. The predicted molar refractivity (Wildman–Crippen MR) is 93.9 cm³/mol. The van der Waals surface area contributed by atoms with Gasteiger partial charge >= 0.3 is 0 Å². The molecule has 144 valence electrons. The minimum Gasteiger partial charge on any atom is -0.350 e. The van der Waals surface area contributed by atoms with Gasteiger partial charge in [-0.15, -0.1) is 0 Å². The number of halogens is 2. The number of nitrogens with one attached hydrogen (secondary N) is 1. The lowest BCUT2D eigenvalue weighted by Gasteiger charge is -2.30. The third-order valence-electron chi connectivity index (χ3n) is 4.52. The Morgan fingerprint density at radius 1 is 1.15 bits per heavy atom. The van der Waals surface area contributed by atoms with E-state index in [2.05, 4.69) is 10.3 Å². The molecule has 2 heterocycles. The lowest BCUT2D eigenvalue weighted by molar-refractivity contribution is -0.126. The second-order valence-corrected chi connectivity index (χ2v) is 8.23. The average molecular weight is 395 g/mol. The van der Waals surface area contributed by atoms with E-state index in [0.717, 1.165) is 17.8 Å². The van der Waals surface area contributed by atoms with Crippen molar-refractivity contribution in [3.05, 3.63) is 59.9 Å². The Balaban J connectivity index is 1.57. The van der Waals surface area contributed by atoms with Crippen LogP contribution in [0.5, 0.6) is 0 Å². The van der Waals surface area contributed by atoms with E-state index in [1.807, 2.05) is 6.07 Å². The van der Waals surface area contributed by atoms with Crippen molar-refractivity contribution in [3.63, 3.8) is 0 Å². The van der Waals surface area contributed by atoms with Gasteiger partial charge in [0.2, 0.25) is 15.9 Å². The van der Waals surface area contributed by atoms with Crippen molar-refractivity contribution in [3.8, 4) is 0 Å². The molecule has 1 aromatic heterocycles. The summed E-state index contributed by atoms with van der Waals surface area (Å²) < 4.78 is 52.7. The average Bonchev–Trinajstić information content (AvgIpc) is 2.69. The summed E-state index contributed by atoms with van der Waals surface area (Å²) in [5.74, 6) is -2.76. The fourth-order valence-corrected chi connectivity index (χ4v) is 4.45. The molecule has 0 aliphatic carbocycles. The third kappa shape index (κ3) is 4.48. The van der Waals surface area contributed by atoms with Crippen LogP contribution in [-0.4, -0.2) is 36.7 Å². The molecule has 1 N–H and O–H groups in total. The van der Waals surface area contributed by atoms with Gasteiger partial charge in [0.1, 0.15) is 0 Å². The van der Waals surface area contributed by atoms with Crippen LogP contribution in [-0.2, 0) is 21.4 Å². The van der Waals surface area contributed by atoms with Gasteiger partial charge in [0, 0.05) is 25.2 Å². The van der Waals surface area contributed by atoms with Crippen molar-refractivity contribution in [1.82, 2.24) is 14.6 Å². The number of hydrogen-bond acceptors (Lipinski definition) is 4. The summed E-state index contributed by atoms with van der Waals surface area (Å²) in [4.78, 5) is 16.1. The number of carbonyl (C=O) groups is 1. The van der Waals surface area contributed by atoms with Crippen LogP contribution in [0.3, 0.4) is 0 Å². The van der Waals surface area contributed by atoms with E-state index in [4.69, 9.17) is 0 Å². The molecule has 1 aromatic carbocycles. The van der Waals surface area contributed by atoms with Gasteiger partial charge in [-0.1, -0.05) is 6.07 Å². The first-order valence-corrected chi connectivity index (χ1v) is 9.95. The van der Waals surface area contributed by atoms with Gasteiger partial charge in [-0.2, -0.15) is 4.31 Å². The second kappa shape index (κ2) is 8.10. The van der Waals surface area contributed by atoms with Gasteiger partial charge in [-0.3, -0.25) is 9.78 Å². The fourth-order valence-electron chi connectivity index (χ4n) is 2.97. The SMILES string of the molecule is O=C(NCc1ccccn1)C1CCN(S(=O)(=O)c2ccc(F)c(F)c2)CC1. The number of amides is 1. The number of carbonyl (C=O) groups excluding carboxylic acids is 1. The Kier molecular flexibility index (Phi) is 5.81. The van der Waals surface area contributed by atoms with E-state index in [1.165, 1.54) is 4.31 Å². The highest BCUT2D eigenvalue weighted by molar-refractivity contribution is 7.89. The van der Waals surface area contributed by atoms with E-state index in [9.17, 15) is 22.0 Å². The van der Waals surface area contributed by atoms with Crippen molar-refractivity contribution in [2.45, 2.75) is 24.3 Å². The van der Waals surface area contributed by atoms with Crippen LogP contribution in [0.15, 0.2) is 47.5 Å². The summed E-state index contributed by atoms with van der Waals surface area (Å²) >= 11 is 0. The molecule has 1 saturated heterocycles.